The first-order chi connectivity index (χ1) is 16.6. The summed E-state index contributed by atoms with van der Waals surface area (Å²) in [5.74, 6) is 0.394. The highest BCUT2D eigenvalue weighted by atomic mass is 19.3. The first-order valence-electron chi connectivity index (χ1n) is 11.5. The lowest BCUT2D eigenvalue weighted by Gasteiger charge is -2.33. The lowest BCUT2D eigenvalue weighted by Crippen LogP contribution is -2.36. The number of nitrogens with zero attached hydrogens (tertiary/aromatic N) is 5. The first kappa shape index (κ1) is 23.4. The molecule has 0 amide bonds. The number of alkyl halides is 2. The van der Waals surface area contributed by atoms with Gasteiger partial charge in [-0.1, -0.05) is 6.07 Å². The van der Waals surface area contributed by atoms with Crippen molar-refractivity contribution in [1.29, 1.82) is 0 Å². The summed E-state index contributed by atoms with van der Waals surface area (Å²) < 4.78 is 49.8. The van der Waals surface area contributed by atoms with Crippen LogP contribution in [0.2, 0.25) is 0 Å². The number of fused-ring (bicyclic) bond motifs is 2. The molecule has 0 radical (unpaired) electrons. The Morgan fingerprint density at radius 2 is 2.00 bits per heavy atom. The van der Waals surface area contributed by atoms with E-state index in [9.17, 15) is 13.9 Å². The minimum atomic E-state index is -2.54. The summed E-state index contributed by atoms with van der Waals surface area (Å²) >= 11 is 0. The number of methoxy groups -OCH3 is 1. The Bertz CT molecular complexity index is 1390. The van der Waals surface area contributed by atoms with Crippen LogP contribution < -0.4 is 10.1 Å². The highest BCUT2D eigenvalue weighted by Crippen LogP contribution is 2.36. The van der Waals surface area contributed by atoms with Crippen LogP contribution in [-0.2, 0) is 6.54 Å². The number of hydrogen-bond donors (Lipinski definition) is 2. The van der Waals surface area contributed by atoms with Crippen molar-refractivity contribution in [3.63, 3.8) is 0 Å². The average Bonchev–Trinajstić information content (AvgIpc) is 3.29. The molecule has 0 bridgehead atoms. The van der Waals surface area contributed by atoms with Crippen molar-refractivity contribution in [2.24, 2.45) is 0 Å². The quantitative estimate of drug-likeness (QED) is 0.413. The predicted molar refractivity (Wildman–Crippen MR) is 125 cm³/mol. The van der Waals surface area contributed by atoms with Crippen molar-refractivity contribution in [3.05, 3.63) is 36.0 Å². The van der Waals surface area contributed by atoms with Crippen molar-refractivity contribution in [3.8, 4) is 17.0 Å². The molecule has 1 fully saturated rings. The molecule has 0 saturated heterocycles. The topological polar surface area (TPSA) is 89.5 Å². The normalized spacial score (nSPS) is 20.7. The lowest BCUT2D eigenvalue weighted by atomic mass is 9.84. The van der Waals surface area contributed by atoms with E-state index >= 15 is 4.39 Å². The van der Waals surface area contributed by atoms with E-state index in [1.54, 1.807) is 25.1 Å². The second-order valence-electron chi connectivity index (χ2n) is 9.37. The van der Waals surface area contributed by atoms with E-state index in [-0.39, 0.29) is 17.5 Å². The van der Waals surface area contributed by atoms with Crippen LogP contribution in [0.25, 0.3) is 27.7 Å². The highest BCUT2D eigenvalue weighted by molar-refractivity contribution is 5.90. The van der Waals surface area contributed by atoms with Gasteiger partial charge in [-0.2, -0.15) is 4.98 Å². The monoisotopic (exact) mass is 488 g/mol. The molecule has 11 heteroatoms. The van der Waals surface area contributed by atoms with E-state index < -0.39 is 24.4 Å². The number of rotatable bonds is 6. The van der Waals surface area contributed by atoms with Crippen LogP contribution in [0.3, 0.4) is 0 Å². The van der Waals surface area contributed by atoms with Crippen molar-refractivity contribution < 1.29 is 23.0 Å². The molecule has 1 aliphatic rings. The first-order valence-corrected chi connectivity index (χ1v) is 11.5. The molecule has 3 aromatic heterocycles. The lowest BCUT2D eigenvalue weighted by molar-refractivity contribution is 0.0195. The van der Waals surface area contributed by atoms with Gasteiger partial charge in [-0.05, 0) is 57.2 Å². The molecule has 3 heterocycles. The number of aliphatic hydroxyl groups is 1. The second kappa shape index (κ2) is 8.71. The standard InChI is InChI=1S/C24H27F3N6O2/c1-13-28-17-5-4-14(10-18(17)32(13)12-19(26)27)20-16(25)11-33-21(20)22(35-3)30-23(31-33)29-15-6-8-24(2,34)9-7-15/h4-5,10-11,15,19,34H,6-9,12H2,1-3H3,(H,29,31). The summed E-state index contributed by atoms with van der Waals surface area (Å²) in [6, 6.07) is 5.11. The Kier molecular flexibility index (Phi) is 5.82. The van der Waals surface area contributed by atoms with E-state index in [1.165, 1.54) is 22.4 Å². The Hall–Kier alpha value is -3.34. The zero-order chi connectivity index (χ0) is 24.9. The molecule has 186 valence electrons. The van der Waals surface area contributed by atoms with Crippen LogP contribution in [0.15, 0.2) is 24.4 Å². The summed E-state index contributed by atoms with van der Waals surface area (Å²) in [6.45, 7) is 3.00. The second-order valence-corrected chi connectivity index (χ2v) is 9.37. The third kappa shape index (κ3) is 4.40. The van der Waals surface area contributed by atoms with Gasteiger partial charge in [-0.25, -0.2) is 22.7 Å². The number of halogens is 3. The Balaban J connectivity index is 1.55. The van der Waals surface area contributed by atoms with Crippen molar-refractivity contribution in [2.45, 2.75) is 64.1 Å². The average molecular weight is 489 g/mol. The maximum Gasteiger partial charge on any atom is 0.256 e. The van der Waals surface area contributed by atoms with Gasteiger partial charge >= 0.3 is 0 Å². The van der Waals surface area contributed by atoms with Crippen molar-refractivity contribution in [1.82, 2.24) is 24.1 Å². The van der Waals surface area contributed by atoms with Crippen LogP contribution in [-0.4, -0.2) is 54.4 Å². The number of ether oxygens (including phenoxy) is 1. The predicted octanol–water partition coefficient (Wildman–Crippen LogP) is 4.57. The Labute approximate surface area is 199 Å². The fraction of sp³-hybridized carbons (Fsp3) is 0.458. The van der Waals surface area contributed by atoms with Gasteiger partial charge in [0, 0.05) is 6.04 Å². The molecule has 0 spiro atoms. The molecule has 1 aromatic carbocycles. The number of anilines is 1. The molecule has 1 saturated carbocycles. The Morgan fingerprint density at radius 3 is 2.69 bits per heavy atom. The molecule has 5 rings (SSSR count). The molecule has 35 heavy (non-hydrogen) atoms. The fourth-order valence-electron chi connectivity index (χ4n) is 4.83. The fourth-order valence-corrected chi connectivity index (χ4v) is 4.83. The molecule has 4 aromatic rings. The van der Waals surface area contributed by atoms with Gasteiger partial charge in [0.05, 0.1) is 42.0 Å². The number of imidazole rings is 1. The van der Waals surface area contributed by atoms with Crippen LogP contribution in [0, 0.1) is 12.7 Å². The number of benzene rings is 1. The molecular formula is C24H27F3N6O2. The van der Waals surface area contributed by atoms with Gasteiger partial charge in [0.15, 0.2) is 5.82 Å². The van der Waals surface area contributed by atoms with E-state index in [1.807, 2.05) is 6.92 Å². The summed E-state index contributed by atoms with van der Waals surface area (Å²) in [6.07, 6.45) is 1.54. The third-order valence-electron chi connectivity index (χ3n) is 6.69. The zero-order valence-electron chi connectivity index (χ0n) is 19.7. The van der Waals surface area contributed by atoms with Crippen LogP contribution in [0.1, 0.15) is 38.4 Å². The molecule has 8 nitrogen and oxygen atoms in total. The van der Waals surface area contributed by atoms with Gasteiger partial charge < -0.3 is 19.7 Å². The van der Waals surface area contributed by atoms with Gasteiger partial charge in [0.2, 0.25) is 11.8 Å². The summed E-state index contributed by atoms with van der Waals surface area (Å²) in [5, 5.41) is 17.9. The molecule has 0 aliphatic heterocycles. The number of hydrogen-bond acceptors (Lipinski definition) is 6. The van der Waals surface area contributed by atoms with Gasteiger partial charge in [-0.3, -0.25) is 0 Å². The summed E-state index contributed by atoms with van der Waals surface area (Å²) in [5.41, 5.74) is 1.40. The van der Waals surface area contributed by atoms with Crippen molar-refractivity contribution in [2.75, 3.05) is 12.4 Å². The smallest absolute Gasteiger partial charge is 0.256 e. The summed E-state index contributed by atoms with van der Waals surface area (Å²) in [7, 11) is 1.45. The SMILES string of the molecule is COc1nc(NC2CCC(C)(O)CC2)nn2cc(F)c(-c3ccc4nc(C)n(CC(F)F)c4c3)c12. The molecule has 2 N–H and O–H groups in total. The van der Waals surface area contributed by atoms with Crippen LogP contribution >= 0.6 is 0 Å². The molecule has 1 aliphatic carbocycles. The van der Waals surface area contributed by atoms with Crippen LogP contribution in [0.5, 0.6) is 5.88 Å². The maximum absolute atomic E-state index is 15.3. The zero-order valence-corrected chi connectivity index (χ0v) is 19.7. The van der Waals surface area contributed by atoms with E-state index in [0.717, 1.165) is 12.8 Å². The minimum absolute atomic E-state index is 0.0815. The summed E-state index contributed by atoms with van der Waals surface area (Å²) in [4.78, 5) is 8.80. The minimum Gasteiger partial charge on any atom is -0.479 e. The van der Waals surface area contributed by atoms with Gasteiger partial charge in [0.1, 0.15) is 11.3 Å². The van der Waals surface area contributed by atoms with E-state index in [0.29, 0.717) is 46.7 Å². The van der Waals surface area contributed by atoms with Gasteiger partial charge in [-0.15, -0.1) is 5.10 Å². The van der Waals surface area contributed by atoms with E-state index in [2.05, 4.69) is 20.4 Å². The van der Waals surface area contributed by atoms with Crippen LogP contribution in [0.4, 0.5) is 19.1 Å². The number of nitrogens with one attached hydrogen (secondary N) is 1. The number of aromatic nitrogens is 5. The molecule has 0 unspecified atom stereocenters. The van der Waals surface area contributed by atoms with E-state index in [4.69, 9.17) is 4.74 Å². The largest absolute Gasteiger partial charge is 0.479 e. The maximum atomic E-state index is 15.3. The van der Waals surface area contributed by atoms with Crippen molar-refractivity contribution >= 4 is 22.5 Å². The molecular weight excluding hydrogens is 461 g/mol. The Morgan fingerprint density at radius 1 is 1.26 bits per heavy atom. The highest BCUT2D eigenvalue weighted by Gasteiger charge is 2.29. The third-order valence-corrected chi connectivity index (χ3v) is 6.69. The van der Waals surface area contributed by atoms with Gasteiger partial charge in [0.25, 0.3) is 6.43 Å². The molecule has 0 atom stereocenters. The number of aryl methyl sites for hydroxylation is 1.